The highest BCUT2D eigenvalue weighted by Crippen LogP contribution is 2.18. The van der Waals surface area contributed by atoms with Crippen LogP contribution in [-0.4, -0.2) is 41.9 Å². The van der Waals surface area contributed by atoms with E-state index in [1.165, 1.54) is 0 Å². The molecule has 1 atom stereocenters. The van der Waals surface area contributed by atoms with Crippen LogP contribution < -0.4 is 16.4 Å². The number of hydrogen-bond acceptors (Lipinski definition) is 3. The van der Waals surface area contributed by atoms with Gasteiger partial charge in [-0.15, -0.1) is 0 Å². The average Bonchev–Trinajstić information content (AvgIpc) is 2.63. The summed E-state index contributed by atoms with van der Waals surface area (Å²) < 4.78 is 0. The van der Waals surface area contributed by atoms with Gasteiger partial charge in [-0.3, -0.25) is 9.59 Å². The Morgan fingerprint density at radius 2 is 2.14 bits per heavy atom. The number of aryl methyl sites for hydroxylation is 1. The Labute approximate surface area is 128 Å². The number of anilines is 1. The van der Waals surface area contributed by atoms with Gasteiger partial charge in [0.2, 0.25) is 11.8 Å². The molecule has 0 aliphatic carbocycles. The highest BCUT2D eigenvalue weighted by molar-refractivity contribution is 5.96. The molecule has 1 saturated heterocycles. The first kappa shape index (κ1) is 15.8. The van der Waals surface area contributed by atoms with Crippen molar-refractivity contribution in [3.8, 4) is 0 Å². The monoisotopic (exact) mass is 304 g/mol. The third-order valence-corrected chi connectivity index (χ3v) is 3.73. The number of carbonyl (C=O) groups is 3. The number of amides is 4. The van der Waals surface area contributed by atoms with Crippen LogP contribution in [0.4, 0.5) is 10.5 Å². The number of nitrogens with one attached hydrogen (secondary N) is 2. The van der Waals surface area contributed by atoms with Crippen molar-refractivity contribution in [1.29, 1.82) is 0 Å². The molecule has 1 aliphatic rings. The molecule has 0 radical (unpaired) electrons. The van der Waals surface area contributed by atoms with Crippen molar-refractivity contribution >= 4 is 23.5 Å². The van der Waals surface area contributed by atoms with Gasteiger partial charge in [-0.05, 0) is 31.5 Å². The zero-order chi connectivity index (χ0) is 16.3. The van der Waals surface area contributed by atoms with Gasteiger partial charge in [0, 0.05) is 36.8 Å². The van der Waals surface area contributed by atoms with Crippen molar-refractivity contribution < 1.29 is 14.4 Å². The fraction of sp³-hybridized carbons (Fsp3) is 0.400. The summed E-state index contributed by atoms with van der Waals surface area (Å²) in [5.74, 6) is -0.609. The zero-order valence-electron chi connectivity index (χ0n) is 12.7. The Hall–Kier alpha value is -2.57. The van der Waals surface area contributed by atoms with Crippen LogP contribution in [0, 0.1) is 6.92 Å². The maximum absolute atomic E-state index is 12.4. The number of rotatable bonds is 2. The molecule has 118 valence electrons. The smallest absolute Gasteiger partial charge is 0.322 e. The van der Waals surface area contributed by atoms with Gasteiger partial charge in [-0.2, -0.15) is 0 Å². The van der Waals surface area contributed by atoms with Gasteiger partial charge in [0.05, 0.1) is 0 Å². The molecule has 2 rings (SSSR count). The molecule has 1 aromatic rings. The Bertz CT molecular complexity index is 615. The van der Waals surface area contributed by atoms with Gasteiger partial charge in [0.25, 0.3) is 0 Å². The number of primary amides is 1. The Kier molecular flexibility index (Phi) is 4.65. The average molecular weight is 304 g/mol. The predicted octanol–water partition coefficient (Wildman–Crippen LogP) is 0.836. The lowest BCUT2D eigenvalue weighted by atomic mass is 10.1. The molecule has 0 unspecified atom stereocenters. The van der Waals surface area contributed by atoms with Gasteiger partial charge in [0.15, 0.2) is 0 Å². The molecule has 0 saturated carbocycles. The number of nitrogens with zero attached hydrogens (tertiary/aromatic N) is 1. The van der Waals surface area contributed by atoms with Gasteiger partial charge >= 0.3 is 6.03 Å². The van der Waals surface area contributed by atoms with Crippen LogP contribution in [0.5, 0.6) is 0 Å². The largest absolute Gasteiger partial charge is 0.366 e. The lowest BCUT2D eigenvalue weighted by molar-refractivity contribution is -0.120. The second-order valence-electron chi connectivity index (χ2n) is 5.42. The minimum Gasteiger partial charge on any atom is -0.366 e. The quantitative estimate of drug-likeness (QED) is 0.754. The van der Waals surface area contributed by atoms with Crippen LogP contribution in [0.2, 0.25) is 0 Å². The van der Waals surface area contributed by atoms with Gasteiger partial charge in [-0.1, -0.05) is 6.07 Å². The standard InChI is InChI=1S/C15H20N4O3/c1-9-3-4-11(14(16)21)7-12(9)18-15(22)19-6-5-13(20)17-8-10(19)2/h3-4,7,10H,5-6,8H2,1-2H3,(H2,16,21)(H,17,20)(H,18,22)/t10-/m0/s1. The van der Waals surface area contributed by atoms with Crippen LogP contribution in [0.1, 0.15) is 29.3 Å². The first-order valence-corrected chi connectivity index (χ1v) is 7.13. The van der Waals surface area contributed by atoms with Gasteiger partial charge < -0.3 is 21.3 Å². The Morgan fingerprint density at radius 3 is 2.82 bits per heavy atom. The van der Waals surface area contributed by atoms with Gasteiger partial charge in [-0.25, -0.2) is 4.79 Å². The topological polar surface area (TPSA) is 105 Å². The van der Waals surface area contributed by atoms with Crippen molar-refractivity contribution in [2.75, 3.05) is 18.4 Å². The Balaban J connectivity index is 2.15. The summed E-state index contributed by atoms with van der Waals surface area (Å²) in [4.78, 5) is 36.7. The molecular weight excluding hydrogens is 284 g/mol. The van der Waals surface area contributed by atoms with Crippen molar-refractivity contribution in [3.63, 3.8) is 0 Å². The third kappa shape index (κ3) is 3.55. The number of benzene rings is 1. The second-order valence-corrected chi connectivity index (χ2v) is 5.42. The van der Waals surface area contributed by atoms with E-state index in [1.54, 1.807) is 23.1 Å². The summed E-state index contributed by atoms with van der Waals surface area (Å²) in [6.07, 6.45) is 0.276. The van der Waals surface area contributed by atoms with E-state index in [1.807, 2.05) is 13.8 Å². The third-order valence-electron chi connectivity index (χ3n) is 3.73. The predicted molar refractivity (Wildman–Crippen MR) is 82.5 cm³/mol. The van der Waals surface area contributed by atoms with Crippen molar-refractivity contribution in [2.24, 2.45) is 5.73 Å². The summed E-state index contributed by atoms with van der Waals surface area (Å²) in [5.41, 5.74) is 6.96. The summed E-state index contributed by atoms with van der Waals surface area (Å²) in [6.45, 7) is 4.48. The lowest BCUT2D eigenvalue weighted by Crippen LogP contribution is -2.44. The molecule has 1 fully saturated rings. The summed E-state index contributed by atoms with van der Waals surface area (Å²) in [5, 5.41) is 5.54. The fourth-order valence-corrected chi connectivity index (χ4v) is 2.30. The zero-order valence-corrected chi connectivity index (χ0v) is 12.7. The van der Waals surface area contributed by atoms with Crippen molar-refractivity contribution in [1.82, 2.24) is 10.2 Å². The molecule has 1 aromatic carbocycles. The number of urea groups is 1. The summed E-state index contributed by atoms with van der Waals surface area (Å²) >= 11 is 0. The first-order chi connectivity index (χ1) is 10.4. The molecule has 7 nitrogen and oxygen atoms in total. The van der Waals surface area contributed by atoms with E-state index in [0.717, 1.165) is 5.56 Å². The highest BCUT2D eigenvalue weighted by atomic mass is 16.2. The number of nitrogens with two attached hydrogens (primary N) is 1. The molecule has 1 heterocycles. The molecular formula is C15H20N4O3. The molecule has 4 amide bonds. The lowest BCUT2D eigenvalue weighted by Gasteiger charge is -2.27. The maximum Gasteiger partial charge on any atom is 0.322 e. The molecule has 1 aliphatic heterocycles. The molecule has 7 heteroatoms. The van der Waals surface area contributed by atoms with Crippen LogP contribution in [0.15, 0.2) is 18.2 Å². The minimum absolute atomic E-state index is 0.0611. The van der Waals surface area contributed by atoms with E-state index in [4.69, 9.17) is 5.73 Å². The van der Waals surface area contributed by atoms with E-state index in [-0.39, 0.29) is 24.4 Å². The molecule has 22 heavy (non-hydrogen) atoms. The maximum atomic E-state index is 12.4. The van der Waals surface area contributed by atoms with E-state index in [2.05, 4.69) is 10.6 Å². The summed E-state index contributed by atoms with van der Waals surface area (Å²) in [6, 6.07) is 4.50. The Morgan fingerprint density at radius 1 is 1.41 bits per heavy atom. The minimum atomic E-state index is -0.548. The normalized spacial score (nSPS) is 18.4. The summed E-state index contributed by atoms with van der Waals surface area (Å²) in [7, 11) is 0. The van der Waals surface area contributed by atoms with Gasteiger partial charge in [0.1, 0.15) is 0 Å². The van der Waals surface area contributed by atoms with E-state index in [9.17, 15) is 14.4 Å². The van der Waals surface area contributed by atoms with Crippen LogP contribution in [0.25, 0.3) is 0 Å². The fourth-order valence-electron chi connectivity index (χ4n) is 2.30. The first-order valence-electron chi connectivity index (χ1n) is 7.13. The van der Waals surface area contributed by atoms with E-state index in [0.29, 0.717) is 24.3 Å². The van der Waals surface area contributed by atoms with E-state index >= 15 is 0 Å². The van der Waals surface area contributed by atoms with E-state index < -0.39 is 5.91 Å². The van der Waals surface area contributed by atoms with Crippen LogP contribution in [0.3, 0.4) is 0 Å². The molecule has 4 N–H and O–H groups in total. The van der Waals surface area contributed by atoms with Crippen LogP contribution >= 0.6 is 0 Å². The number of hydrogen-bond donors (Lipinski definition) is 3. The highest BCUT2D eigenvalue weighted by Gasteiger charge is 2.24. The second kappa shape index (κ2) is 6.46. The number of carbonyl (C=O) groups excluding carboxylic acids is 3. The SMILES string of the molecule is Cc1ccc(C(N)=O)cc1NC(=O)N1CCC(=O)NC[C@@H]1C. The molecule has 0 aromatic heterocycles. The van der Waals surface area contributed by atoms with Crippen molar-refractivity contribution in [2.45, 2.75) is 26.3 Å². The molecule has 0 spiro atoms. The van der Waals surface area contributed by atoms with Crippen molar-refractivity contribution in [3.05, 3.63) is 29.3 Å². The molecule has 0 bridgehead atoms. The van der Waals surface area contributed by atoms with Crippen LogP contribution in [-0.2, 0) is 4.79 Å².